The van der Waals surface area contributed by atoms with Gasteiger partial charge in [-0.25, -0.2) is 4.79 Å². The molecule has 2 amide bonds. The van der Waals surface area contributed by atoms with Crippen molar-refractivity contribution < 1.29 is 4.79 Å². The van der Waals surface area contributed by atoms with Gasteiger partial charge in [-0.05, 0) is 42.7 Å². The molecule has 0 spiro atoms. The summed E-state index contributed by atoms with van der Waals surface area (Å²) in [6.45, 7) is 6.23. The zero-order chi connectivity index (χ0) is 19.5. The number of urea groups is 1. The average Bonchev–Trinajstić information content (AvgIpc) is 3.13. The molecule has 2 aromatic carbocycles. The summed E-state index contributed by atoms with van der Waals surface area (Å²) in [7, 11) is 0. The highest BCUT2D eigenvalue weighted by Gasteiger charge is 2.21. The van der Waals surface area contributed by atoms with Crippen molar-refractivity contribution in [1.82, 2.24) is 14.8 Å². The molecule has 2 N–H and O–H groups in total. The standard InChI is InChI=1S/C22H25ClN4O/c1-16-6-7-18(23)14-21(16)25-22(28)27-12-10-26(11-13-27)9-8-17-15-24-20-5-3-2-4-19(17)20/h2-7,14-15,24H,8-13H2,1H3,(H,25,28). The maximum atomic E-state index is 12.6. The van der Waals surface area contributed by atoms with Gasteiger partial charge in [-0.15, -0.1) is 0 Å². The Morgan fingerprint density at radius 3 is 2.75 bits per heavy atom. The number of carbonyl (C=O) groups excluding carboxylic acids is 1. The average molecular weight is 397 g/mol. The van der Waals surface area contributed by atoms with Gasteiger partial charge in [0.2, 0.25) is 0 Å². The van der Waals surface area contributed by atoms with Gasteiger partial charge in [0.15, 0.2) is 0 Å². The molecule has 28 heavy (non-hydrogen) atoms. The minimum atomic E-state index is -0.0540. The molecule has 6 heteroatoms. The second-order valence-corrected chi connectivity index (χ2v) is 7.76. The van der Waals surface area contributed by atoms with Crippen LogP contribution in [0.25, 0.3) is 10.9 Å². The van der Waals surface area contributed by atoms with Gasteiger partial charge >= 0.3 is 6.03 Å². The van der Waals surface area contributed by atoms with E-state index < -0.39 is 0 Å². The zero-order valence-electron chi connectivity index (χ0n) is 16.0. The smallest absolute Gasteiger partial charge is 0.321 e. The predicted molar refractivity (Wildman–Crippen MR) is 115 cm³/mol. The van der Waals surface area contributed by atoms with E-state index in [4.69, 9.17) is 11.6 Å². The fraction of sp³-hybridized carbons (Fsp3) is 0.318. The first-order valence-electron chi connectivity index (χ1n) is 9.69. The number of hydrogen-bond donors (Lipinski definition) is 2. The molecule has 1 saturated heterocycles. The quantitative estimate of drug-likeness (QED) is 0.681. The van der Waals surface area contributed by atoms with Crippen LogP contribution >= 0.6 is 11.6 Å². The van der Waals surface area contributed by atoms with Crippen LogP contribution in [0.1, 0.15) is 11.1 Å². The number of amides is 2. The maximum Gasteiger partial charge on any atom is 0.321 e. The van der Waals surface area contributed by atoms with Crippen molar-refractivity contribution in [3.63, 3.8) is 0 Å². The number of aromatic amines is 1. The Morgan fingerprint density at radius 2 is 1.93 bits per heavy atom. The summed E-state index contributed by atoms with van der Waals surface area (Å²) in [5, 5.41) is 4.92. The topological polar surface area (TPSA) is 51.4 Å². The van der Waals surface area contributed by atoms with Gasteiger partial charge in [-0.2, -0.15) is 0 Å². The van der Waals surface area contributed by atoms with E-state index in [1.807, 2.05) is 24.0 Å². The fourth-order valence-corrected chi connectivity index (χ4v) is 3.89. The number of H-pyrrole nitrogens is 1. The van der Waals surface area contributed by atoms with Crippen molar-refractivity contribution in [2.75, 3.05) is 38.0 Å². The molecule has 0 radical (unpaired) electrons. The highest BCUT2D eigenvalue weighted by Crippen LogP contribution is 2.21. The number of benzene rings is 2. The van der Waals surface area contributed by atoms with Crippen LogP contribution in [0, 0.1) is 6.92 Å². The molecule has 3 aromatic rings. The summed E-state index contributed by atoms with van der Waals surface area (Å²) in [4.78, 5) is 20.2. The Bertz CT molecular complexity index is 976. The molecule has 0 aliphatic carbocycles. The van der Waals surface area contributed by atoms with Gasteiger partial charge in [0, 0.05) is 60.5 Å². The number of rotatable bonds is 4. The van der Waals surface area contributed by atoms with Crippen LogP contribution in [0.15, 0.2) is 48.7 Å². The summed E-state index contributed by atoms with van der Waals surface area (Å²) in [6, 6.07) is 13.9. The van der Waals surface area contributed by atoms with Crippen molar-refractivity contribution in [1.29, 1.82) is 0 Å². The molecular formula is C22H25ClN4O. The van der Waals surface area contributed by atoms with Crippen molar-refractivity contribution in [2.45, 2.75) is 13.3 Å². The van der Waals surface area contributed by atoms with Crippen LogP contribution in [-0.4, -0.2) is 53.5 Å². The number of anilines is 1. The summed E-state index contributed by atoms with van der Waals surface area (Å²) in [5.41, 5.74) is 4.33. The first-order valence-corrected chi connectivity index (χ1v) is 10.1. The van der Waals surface area contributed by atoms with Crippen LogP contribution in [0.5, 0.6) is 0 Å². The van der Waals surface area contributed by atoms with E-state index in [-0.39, 0.29) is 6.03 Å². The second kappa shape index (κ2) is 8.25. The lowest BCUT2D eigenvalue weighted by Gasteiger charge is -2.34. The number of nitrogens with zero attached hydrogens (tertiary/aromatic N) is 2. The molecule has 1 aliphatic rings. The molecule has 1 aromatic heterocycles. The van der Waals surface area contributed by atoms with Gasteiger partial charge in [0.25, 0.3) is 0 Å². The first kappa shape index (κ1) is 18.8. The molecule has 0 unspecified atom stereocenters. The molecule has 0 bridgehead atoms. The van der Waals surface area contributed by atoms with E-state index in [9.17, 15) is 4.79 Å². The molecule has 1 fully saturated rings. The number of halogens is 1. The van der Waals surface area contributed by atoms with E-state index >= 15 is 0 Å². The van der Waals surface area contributed by atoms with Gasteiger partial charge < -0.3 is 15.2 Å². The zero-order valence-corrected chi connectivity index (χ0v) is 16.8. The van der Waals surface area contributed by atoms with E-state index in [0.29, 0.717) is 5.02 Å². The summed E-state index contributed by atoms with van der Waals surface area (Å²) >= 11 is 6.04. The van der Waals surface area contributed by atoms with E-state index in [1.54, 1.807) is 6.07 Å². The molecule has 2 heterocycles. The third-order valence-corrected chi connectivity index (χ3v) is 5.71. The number of aromatic nitrogens is 1. The molecule has 0 saturated carbocycles. The Hall–Kier alpha value is -2.50. The molecule has 4 rings (SSSR count). The van der Waals surface area contributed by atoms with Gasteiger partial charge in [-0.3, -0.25) is 4.90 Å². The Balaban J connectivity index is 1.28. The van der Waals surface area contributed by atoms with Crippen molar-refractivity contribution in [3.05, 3.63) is 64.8 Å². The number of carbonyl (C=O) groups is 1. The molecular weight excluding hydrogens is 372 g/mol. The second-order valence-electron chi connectivity index (χ2n) is 7.33. The Kier molecular flexibility index (Phi) is 5.55. The van der Waals surface area contributed by atoms with Crippen LogP contribution in [0.3, 0.4) is 0 Å². The molecule has 5 nitrogen and oxygen atoms in total. The molecule has 1 aliphatic heterocycles. The molecule has 0 atom stereocenters. The number of nitrogens with one attached hydrogen (secondary N) is 2. The monoisotopic (exact) mass is 396 g/mol. The maximum absolute atomic E-state index is 12.6. The fourth-order valence-electron chi connectivity index (χ4n) is 3.71. The third-order valence-electron chi connectivity index (χ3n) is 5.47. The highest BCUT2D eigenvalue weighted by atomic mass is 35.5. The largest absolute Gasteiger partial charge is 0.361 e. The number of hydrogen-bond acceptors (Lipinski definition) is 2. The van der Waals surface area contributed by atoms with Crippen molar-refractivity contribution in [3.8, 4) is 0 Å². The number of aryl methyl sites for hydroxylation is 1. The number of fused-ring (bicyclic) bond motifs is 1. The van der Waals surface area contributed by atoms with Crippen molar-refractivity contribution >= 4 is 34.2 Å². The predicted octanol–water partition coefficient (Wildman–Crippen LogP) is 4.52. The lowest BCUT2D eigenvalue weighted by molar-refractivity contribution is 0.148. The number of piperazine rings is 1. The number of para-hydroxylation sites is 1. The van der Waals surface area contributed by atoms with Crippen LogP contribution in [0.4, 0.5) is 10.5 Å². The van der Waals surface area contributed by atoms with Gasteiger partial charge in [0.1, 0.15) is 0 Å². The van der Waals surface area contributed by atoms with Gasteiger partial charge in [0.05, 0.1) is 0 Å². The lowest BCUT2D eigenvalue weighted by Crippen LogP contribution is -2.50. The Morgan fingerprint density at radius 1 is 1.14 bits per heavy atom. The minimum absolute atomic E-state index is 0.0540. The lowest BCUT2D eigenvalue weighted by atomic mass is 10.1. The summed E-state index contributed by atoms with van der Waals surface area (Å²) in [6.07, 6.45) is 3.12. The highest BCUT2D eigenvalue weighted by molar-refractivity contribution is 6.31. The minimum Gasteiger partial charge on any atom is -0.361 e. The van der Waals surface area contributed by atoms with E-state index in [0.717, 1.165) is 50.4 Å². The third kappa shape index (κ3) is 4.16. The normalized spacial score (nSPS) is 15.1. The van der Waals surface area contributed by atoms with Crippen LogP contribution in [0.2, 0.25) is 5.02 Å². The van der Waals surface area contributed by atoms with Crippen LogP contribution in [-0.2, 0) is 6.42 Å². The first-order chi connectivity index (χ1) is 13.6. The van der Waals surface area contributed by atoms with Gasteiger partial charge in [-0.1, -0.05) is 35.9 Å². The Labute approximate surface area is 170 Å². The molecule has 146 valence electrons. The van der Waals surface area contributed by atoms with E-state index in [1.165, 1.54) is 16.5 Å². The summed E-state index contributed by atoms with van der Waals surface area (Å²) in [5.74, 6) is 0. The summed E-state index contributed by atoms with van der Waals surface area (Å²) < 4.78 is 0. The van der Waals surface area contributed by atoms with E-state index in [2.05, 4.69) is 45.7 Å². The van der Waals surface area contributed by atoms with Crippen LogP contribution < -0.4 is 5.32 Å². The SMILES string of the molecule is Cc1ccc(Cl)cc1NC(=O)N1CCN(CCc2c[nH]c3ccccc23)CC1. The van der Waals surface area contributed by atoms with Crippen molar-refractivity contribution in [2.24, 2.45) is 0 Å².